The lowest BCUT2D eigenvalue weighted by Crippen LogP contribution is -2.29. The normalized spacial score (nSPS) is 9.73. The first-order valence-corrected chi connectivity index (χ1v) is 4.10. The van der Waals surface area contributed by atoms with E-state index in [0.717, 1.165) is 3.57 Å². The van der Waals surface area contributed by atoms with Gasteiger partial charge in [-0.3, -0.25) is 0 Å². The highest BCUT2D eigenvalue weighted by molar-refractivity contribution is 14.1. The fourth-order valence-corrected chi connectivity index (χ4v) is 1.24. The van der Waals surface area contributed by atoms with Crippen molar-refractivity contribution in [3.05, 3.63) is 21.8 Å². The summed E-state index contributed by atoms with van der Waals surface area (Å²) in [6.45, 7) is 0. The Bertz CT molecular complexity index is 267. The molecular weight excluding hydrogens is 256 g/mol. The molecule has 1 aromatic rings. The quantitative estimate of drug-likeness (QED) is 0.365. The summed E-state index contributed by atoms with van der Waals surface area (Å²) in [6.07, 6.45) is 0. The van der Waals surface area contributed by atoms with Crippen molar-refractivity contribution in [1.82, 2.24) is 0 Å². The fraction of sp³-hybridized carbons (Fsp3) is 0. The SMILES string of the molecule is Nc1ccc(B(O)O)cc1I. The van der Waals surface area contributed by atoms with E-state index in [4.69, 9.17) is 15.8 Å². The molecule has 0 bridgehead atoms. The number of halogens is 1. The number of benzene rings is 1. The Hall–Kier alpha value is -0.265. The first kappa shape index (κ1) is 8.83. The summed E-state index contributed by atoms with van der Waals surface area (Å²) >= 11 is 2.04. The van der Waals surface area contributed by atoms with Crippen LogP contribution in [0.2, 0.25) is 0 Å². The van der Waals surface area contributed by atoms with Gasteiger partial charge in [0.05, 0.1) is 0 Å². The minimum Gasteiger partial charge on any atom is -0.423 e. The van der Waals surface area contributed by atoms with Gasteiger partial charge in [-0.15, -0.1) is 0 Å². The second kappa shape index (κ2) is 3.42. The summed E-state index contributed by atoms with van der Waals surface area (Å²) in [5.74, 6) is 0. The Kier molecular flexibility index (Phi) is 2.75. The maximum absolute atomic E-state index is 8.75. The fourth-order valence-electron chi connectivity index (χ4n) is 0.704. The lowest BCUT2D eigenvalue weighted by atomic mass is 9.80. The monoisotopic (exact) mass is 263 g/mol. The zero-order valence-corrected chi connectivity index (χ0v) is 7.82. The van der Waals surface area contributed by atoms with Crippen LogP contribution >= 0.6 is 22.6 Å². The molecule has 1 rings (SSSR count). The summed E-state index contributed by atoms with van der Waals surface area (Å²) in [7, 11) is -1.41. The van der Waals surface area contributed by atoms with Crippen LogP contribution in [0.5, 0.6) is 0 Å². The second-order valence-corrected chi connectivity index (χ2v) is 3.32. The minimum absolute atomic E-state index is 0.462. The molecule has 11 heavy (non-hydrogen) atoms. The Morgan fingerprint density at radius 1 is 1.36 bits per heavy atom. The van der Waals surface area contributed by atoms with Crippen molar-refractivity contribution in [3.63, 3.8) is 0 Å². The number of rotatable bonds is 1. The molecule has 0 saturated carbocycles. The van der Waals surface area contributed by atoms with E-state index in [9.17, 15) is 0 Å². The molecule has 0 fully saturated rings. The van der Waals surface area contributed by atoms with Gasteiger partial charge in [0.1, 0.15) is 0 Å². The number of hydrogen-bond acceptors (Lipinski definition) is 3. The third kappa shape index (κ3) is 2.08. The molecule has 0 aliphatic heterocycles. The van der Waals surface area contributed by atoms with Crippen LogP contribution in [0, 0.1) is 3.57 Å². The van der Waals surface area contributed by atoms with Crippen LogP contribution in [-0.4, -0.2) is 17.2 Å². The molecule has 0 atom stereocenters. The van der Waals surface area contributed by atoms with Crippen LogP contribution in [0.15, 0.2) is 18.2 Å². The van der Waals surface area contributed by atoms with E-state index in [0.29, 0.717) is 11.2 Å². The molecule has 0 saturated heterocycles. The van der Waals surface area contributed by atoms with Crippen LogP contribution in [0.25, 0.3) is 0 Å². The molecule has 3 nitrogen and oxygen atoms in total. The molecule has 0 aliphatic carbocycles. The Labute approximate surface area is 78.5 Å². The zero-order valence-electron chi connectivity index (χ0n) is 5.66. The summed E-state index contributed by atoms with van der Waals surface area (Å²) < 4.78 is 0.827. The molecule has 0 amide bonds. The standard InChI is InChI=1S/C6H7BINO2/c8-5-3-4(7(10)11)1-2-6(5)9/h1-3,10-11H,9H2. The van der Waals surface area contributed by atoms with Crippen molar-refractivity contribution in [3.8, 4) is 0 Å². The first-order chi connectivity index (χ1) is 5.11. The van der Waals surface area contributed by atoms with E-state index in [1.165, 1.54) is 0 Å². The molecule has 0 unspecified atom stereocenters. The third-order valence-electron chi connectivity index (χ3n) is 1.32. The molecule has 58 valence electrons. The largest absolute Gasteiger partial charge is 0.488 e. The van der Waals surface area contributed by atoms with Crippen LogP contribution in [-0.2, 0) is 0 Å². The van der Waals surface area contributed by atoms with E-state index < -0.39 is 7.12 Å². The highest BCUT2D eigenvalue weighted by Crippen LogP contribution is 2.11. The third-order valence-corrected chi connectivity index (χ3v) is 2.26. The van der Waals surface area contributed by atoms with Crippen LogP contribution < -0.4 is 11.2 Å². The average Bonchev–Trinajstić information content (AvgIpc) is 1.94. The highest BCUT2D eigenvalue weighted by Gasteiger charge is 2.10. The van der Waals surface area contributed by atoms with Crippen molar-refractivity contribution in [2.24, 2.45) is 0 Å². The molecular formula is C6H7BINO2. The number of anilines is 1. The minimum atomic E-state index is -1.41. The Balaban J connectivity index is 3.05. The molecule has 5 heteroatoms. The van der Waals surface area contributed by atoms with Crippen molar-refractivity contribution in [2.45, 2.75) is 0 Å². The van der Waals surface area contributed by atoms with Gasteiger partial charge in [0.25, 0.3) is 0 Å². The Morgan fingerprint density at radius 2 is 2.00 bits per heavy atom. The lowest BCUT2D eigenvalue weighted by Gasteiger charge is -2.01. The van der Waals surface area contributed by atoms with Crippen molar-refractivity contribution < 1.29 is 10.0 Å². The van der Waals surface area contributed by atoms with Crippen molar-refractivity contribution in [1.29, 1.82) is 0 Å². The lowest BCUT2D eigenvalue weighted by molar-refractivity contribution is 0.426. The molecule has 0 radical (unpaired) electrons. The first-order valence-electron chi connectivity index (χ1n) is 3.02. The molecule has 4 N–H and O–H groups in total. The smallest absolute Gasteiger partial charge is 0.423 e. The summed E-state index contributed by atoms with van der Waals surface area (Å²) in [5.41, 5.74) is 6.63. The van der Waals surface area contributed by atoms with Crippen LogP contribution in [0.1, 0.15) is 0 Å². The maximum Gasteiger partial charge on any atom is 0.488 e. The molecule has 0 aromatic heterocycles. The van der Waals surface area contributed by atoms with E-state index >= 15 is 0 Å². The molecule has 0 heterocycles. The predicted molar refractivity (Wildman–Crippen MR) is 53.4 cm³/mol. The Morgan fingerprint density at radius 3 is 2.45 bits per heavy atom. The summed E-state index contributed by atoms with van der Waals surface area (Å²) in [5, 5.41) is 17.5. The zero-order chi connectivity index (χ0) is 8.43. The average molecular weight is 263 g/mol. The van der Waals surface area contributed by atoms with Gasteiger partial charge in [-0.05, 0) is 40.2 Å². The number of hydrogen-bond donors (Lipinski definition) is 3. The summed E-state index contributed by atoms with van der Waals surface area (Å²) in [6, 6.07) is 4.87. The number of nitrogen functional groups attached to an aromatic ring is 1. The van der Waals surface area contributed by atoms with E-state index in [1.807, 2.05) is 22.6 Å². The van der Waals surface area contributed by atoms with Crippen LogP contribution in [0.4, 0.5) is 5.69 Å². The van der Waals surface area contributed by atoms with Gasteiger partial charge in [-0.25, -0.2) is 0 Å². The van der Waals surface area contributed by atoms with E-state index in [2.05, 4.69) is 0 Å². The second-order valence-electron chi connectivity index (χ2n) is 2.15. The van der Waals surface area contributed by atoms with E-state index in [1.54, 1.807) is 18.2 Å². The van der Waals surface area contributed by atoms with E-state index in [-0.39, 0.29) is 0 Å². The maximum atomic E-state index is 8.75. The van der Waals surface area contributed by atoms with Gasteiger partial charge in [-0.2, -0.15) is 0 Å². The van der Waals surface area contributed by atoms with Gasteiger partial charge in [0, 0.05) is 9.26 Å². The van der Waals surface area contributed by atoms with Crippen molar-refractivity contribution in [2.75, 3.05) is 5.73 Å². The van der Waals surface area contributed by atoms with Crippen molar-refractivity contribution >= 4 is 40.9 Å². The number of nitrogens with two attached hydrogens (primary N) is 1. The van der Waals surface area contributed by atoms with Gasteiger partial charge < -0.3 is 15.8 Å². The van der Waals surface area contributed by atoms with Gasteiger partial charge in [-0.1, -0.05) is 6.07 Å². The molecule has 0 aliphatic rings. The summed E-state index contributed by atoms with van der Waals surface area (Å²) in [4.78, 5) is 0. The molecule has 0 spiro atoms. The van der Waals surface area contributed by atoms with Gasteiger partial charge in [0.2, 0.25) is 0 Å². The van der Waals surface area contributed by atoms with Gasteiger partial charge >= 0.3 is 7.12 Å². The highest BCUT2D eigenvalue weighted by atomic mass is 127. The topological polar surface area (TPSA) is 66.5 Å². The predicted octanol–water partition coefficient (Wildman–Crippen LogP) is -0.447. The van der Waals surface area contributed by atoms with Crippen LogP contribution in [0.3, 0.4) is 0 Å². The van der Waals surface area contributed by atoms with Gasteiger partial charge in [0.15, 0.2) is 0 Å². The molecule has 1 aromatic carbocycles.